The van der Waals surface area contributed by atoms with Gasteiger partial charge in [-0.15, -0.1) is 0 Å². The Morgan fingerprint density at radius 2 is 2.03 bits per heavy atom. The van der Waals surface area contributed by atoms with E-state index in [1.54, 1.807) is 15.5 Å². The summed E-state index contributed by atoms with van der Waals surface area (Å²) < 4.78 is 33.5. The molecule has 4 rings (SSSR count). The number of nitrogens with zero attached hydrogens (tertiary/aromatic N) is 4. The highest BCUT2D eigenvalue weighted by Gasteiger charge is 2.36. The van der Waals surface area contributed by atoms with Crippen LogP contribution in [0.1, 0.15) is 12.0 Å². The summed E-state index contributed by atoms with van der Waals surface area (Å²) in [7, 11) is 0. The first-order valence-electron chi connectivity index (χ1n) is 9.48. The Labute approximate surface area is 171 Å². The monoisotopic (exact) mass is 417 g/mol. The van der Waals surface area contributed by atoms with Gasteiger partial charge >= 0.3 is 5.69 Å². The Kier molecular flexibility index (Phi) is 5.15. The molecular weight excluding hydrogens is 396 g/mol. The lowest BCUT2D eigenvalue weighted by Crippen LogP contribution is -2.53. The average molecular weight is 417 g/mol. The van der Waals surface area contributed by atoms with Gasteiger partial charge in [-0.2, -0.15) is 4.98 Å². The van der Waals surface area contributed by atoms with E-state index >= 15 is 0 Å². The highest BCUT2D eigenvalue weighted by molar-refractivity contribution is 5.78. The minimum absolute atomic E-state index is 0.0512. The van der Waals surface area contributed by atoms with Crippen molar-refractivity contribution in [1.82, 2.24) is 14.5 Å². The Bertz CT molecular complexity index is 1070. The van der Waals surface area contributed by atoms with Gasteiger partial charge in [0, 0.05) is 31.4 Å². The van der Waals surface area contributed by atoms with E-state index in [2.05, 4.69) is 16.5 Å². The number of fused-ring (bicyclic) bond motifs is 3. The van der Waals surface area contributed by atoms with Gasteiger partial charge in [-0.3, -0.25) is 9.36 Å². The fraction of sp³-hybridized carbons (Fsp3) is 0.350. The van der Waals surface area contributed by atoms with Crippen LogP contribution in [0.15, 0.2) is 41.3 Å². The van der Waals surface area contributed by atoms with E-state index in [4.69, 9.17) is 10.5 Å². The van der Waals surface area contributed by atoms with Crippen LogP contribution in [0.3, 0.4) is 0 Å². The van der Waals surface area contributed by atoms with Crippen molar-refractivity contribution < 1.29 is 18.3 Å². The molecule has 1 fully saturated rings. The number of amides is 1. The quantitative estimate of drug-likeness (QED) is 0.780. The highest BCUT2D eigenvalue weighted by atomic mass is 19.2. The maximum Gasteiger partial charge on any atom is 0.352 e. The van der Waals surface area contributed by atoms with Gasteiger partial charge in [-0.1, -0.05) is 12.6 Å². The summed E-state index contributed by atoms with van der Waals surface area (Å²) in [5.41, 5.74) is 5.82. The highest BCUT2D eigenvalue weighted by Crippen LogP contribution is 2.29. The van der Waals surface area contributed by atoms with Crippen LogP contribution >= 0.6 is 0 Å². The number of halogens is 2. The summed E-state index contributed by atoms with van der Waals surface area (Å²) >= 11 is 0. The van der Waals surface area contributed by atoms with E-state index in [0.717, 1.165) is 12.1 Å². The predicted molar refractivity (Wildman–Crippen MR) is 105 cm³/mol. The molecule has 30 heavy (non-hydrogen) atoms. The van der Waals surface area contributed by atoms with Crippen molar-refractivity contribution in [3.8, 4) is 5.88 Å². The van der Waals surface area contributed by atoms with Crippen LogP contribution in [-0.2, 0) is 17.9 Å². The van der Waals surface area contributed by atoms with Gasteiger partial charge in [0.2, 0.25) is 11.8 Å². The molecule has 1 aromatic heterocycles. The zero-order chi connectivity index (χ0) is 21.4. The van der Waals surface area contributed by atoms with E-state index < -0.39 is 17.3 Å². The number of piperazine rings is 1. The maximum absolute atomic E-state index is 13.3. The molecule has 1 saturated heterocycles. The van der Waals surface area contributed by atoms with Crippen molar-refractivity contribution in [1.29, 1.82) is 0 Å². The standard InChI is InChI=1S/C20H21F2N5O3/c1-12(23)6-19(28)25-4-5-26-14(9-25)10-27-18(26)8-17(24-20(27)29)30-11-13-2-3-15(21)16(22)7-13/h2-3,7-8,14H,1,4-6,9-11,23H2. The number of anilines is 1. The van der Waals surface area contributed by atoms with Crippen molar-refractivity contribution >= 4 is 11.7 Å². The molecule has 0 bridgehead atoms. The van der Waals surface area contributed by atoms with E-state index in [9.17, 15) is 18.4 Å². The van der Waals surface area contributed by atoms with Gasteiger partial charge in [-0.05, 0) is 17.7 Å². The number of hydrogen-bond donors (Lipinski definition) is 1. The van der Waals surface area contributed by atoms with Crippen molar-refractivity contribution in [2.75, 3.05) is 24.5 Å². The Balaban J connectivity index is 1.47. The van der Waals surface area contributed by atoms with Gasteiger partial charge in [0.05, 0.1) is 19.0 Å². The van der Waals surface area contributed by atoms with Crippen LogP contribution < -0.4 is 21.1 Å². The normalized spacial score (nSPS) is 17.5. The summed E-state index contributed by atoms with van der Waals surface area (Å²) in [4.78, 5) is 32.5. The second kappa shape index (κ2) is 7.77. The maximum atomic E-state index is 13.3. The third-order valence-corrected chi connectivity index (χ3v) is 5.24. The number of nitrogens with two attached hydrogens (primary N) is 1. The lowest BCUT2D eigenvalue weighted by molar-refractivity contribution is -0.131. The van der Waals surface area contributed by atoms with Gasteiger partial charge in [0.1, 0.15) is 12.4 Å². The largest absolute Gasteiger partial charge is 0.473 e. The number of carbonyl (C=O) groups excluding carboxylic acids is 1. The second-order valence-corrected chi connectivity index (χ2v) is 7.40. The molecule has 0 aliphatic carbocycles. The SMILES string of the molecule is C=C(N)CC(=O)N1CCN2c3cc(OCc4ccc(F)c(F)c4)nc(=O)n3CC2C1. The number of ether oxygens (including phenoxy) is 1. The fourth-order valence-corrected chi connectivity index (χ4v) is 3.80. The third-order valence-electron chi connectivity index (χ3n) is 5.24. The van der Waals surface area contributed by atoms with Crippen LogP contribution in [0.5, 0.6) is 5.88 Å². The molecule has 10 heteroatoms. The van der Waals surface area contributed by atoms with E-state index in [0.29, 0.717) is 43.3 Å². The van der Waals surface area contributed by atoms with Gasteiger partial charge in [0.25, 0.3) is 0 Å². The molecule has 2 N–H and O–H groups in total. The Hall–Kier alpha value is -3.43. The lowest BCUT2D eigenvalue weighted by Gasteiger charge is -2.38. The predicted octanol–water partition coefficient (Wildman–Crippen LogP) is 0.994. The van der Waals surface area contributed by atoms with Crippen LogP contribution in [0.4, 0.5) is 14.6 Å². The molecule has 0 radical (unpaired) electrons. The van der Waals surface area contributed by atoms with Crippen molar-refractivity contribution in [3.63, 3.8) is 0 Å². The summed E-state index contributed by atoms with van der Waals surface area (Å²) in [6.45, 7) is 5.46. The number of hydrogen-bond acceptors (Lipinski definition) is 6. The summed E-state index contributed by atoms with van der Waals surface area (Å²) in [6.07, 6.45) is 0.100. The molecule has 1 atom stereocenters. The molecule has 2 aliphatic heterocycles. The van der Waals surface area contributed by atoms with Gasteiger partial charge in [0.15, 0.2) is 11.6 Å². The van der Waals surface area contributed by atoms with Crippen LogP contribution in [-0.4, -0.2) is 46.0 Å². The van der Waals surface area contributed by atoms with E-state index in [1.807, 2.05) is 0 Å². The molecule has 0 spiro atoms. The number of benzene rings is 1. The van der Waals surface area contributed by atoms with Crippen LogP contribution in [0.2, 0.25) is 0 Å². The number of aromatic nitrogens is 2. The zero-order valence-electron chi connectivity index (χ0n) is 16.2. The Morgan fingerprint density at radius 3 is 2.77 bits per heavy atom. The molecule has 1 aromatic carbocycles. The molecule has 158 valence electrons. The molecule has 1 amide bonds. The molecule has 3 heterocycles. The minimum atomic E-state index is -0.966. The minimum Gasteiger partial charge on any atom is -0.473 e. The molecule has 2 aromatic rings. The van der Waals surface area contributed by atoms with E-state index in [-0.39, 0.29) is 30.9 Å². The second-order valence-electron chi connectivity index (χ2n) is 7.40. The topological polar surface area (TPSA) is 93.7 Å². The number of carbonyl (C=O) groups is 1. The molecule has 0 saturated carbocycles. The first-order valence-corrected chi connectivity index (χ1v) is 9.48. The fourth-order valence-electron chi connectivity index (χ4n) is 3.80. The lowest BCUT2D eigenvalue weighted by atomic mass is 10.1. The first-order chi connectivity index (χ1) is 14.3. The summed E-state index contributed by atoms with van der Waals surface area (Å²) in [5.74, 6) is -1.22. The number of rotatable bonds is 5. The first kappa shape index (κ1) is 19.9. The third kappa shape index (κ3) is 3.85. The molecule has 8 nitrogen and oxygen atoms in total. The Morgan fingerprint density at radius 1 is 1.23 bits per heavy atom. The zero-order valence-corrected chi connectivity index (χ0v) is 16.2. The van der Waals surface area contributed by atoms with Gasteiger partial charge in [-0.25, -0.2) is 13.6 Å². The summed E-state index contributed by atoms with van der Waals surface area (Å²) in [5, 5.41) is 0. The van der Waals surface area contributed by atoms with Crippen LogP contribution in [0, 0.1) is 11.6 Å². The van der Waals surface area contributed by atoms with Crippen molar-refractivity contribution in [3.05, 3.63) is 64.2 Å². The molecule has 1 unspecified atom stereocenters. The van der Waals surface area contributed by atoms with E-state index in [1.165, 1.54) is 6.07 Å². The molecular formula is C20H21F2N5O3. The van der Waals surface area contributed by atoms with Gasteiger partial charge < -0.3 is 20.3 Å². The average Bonchev–Trinajstić information content (AvgIpc) is 3.07. The van der Waals surface area contributed by atoms with Crippen molar-refractivity contribution in [2.24, 2.45) is 5.73 Å². The smallest absolute Gasteiger partial charge is 0.352 e. The summed E-state index contributed by atoms with van der Waals surface area (Å²) in [6, 6.07) is 5.06. The molecule has 2 aliphatic rings. The van der Waals surface area contributed by atoms with Crippen LogP contribution in [0.25, 0.3) is 0 Å². The van der Waals surface area contributed by atoms with Crippen molar-refractivity contribution in [2.45, 2.75) is 25.6 Å².